The molecule has 1 aromatic heterocycles. The number of halogens is 2. The molecule has 0 unspecified atom stereocenters. The molecule has 0 N–H and O–H groups in total. The average molecular weight is 185 g/mol. The smallest absolute Gasteiger partial charge is 0.147 e. The molecule has 0 bridgehead atoms. The summed E-state index contributed by atoms with van der Waals surface area (Å²) in [4.78, 5) is 3.45. The molecule has 0 saturated carbocycles. The summed E-state index contributed by atoms with van der Waals surface area (Å²) in [7, 11) is 0. The summed E-state index contributed by atoms with van der Waals surface area (Å²) in [5.74, 6) is -1.11. The highest BCUT2D eigenvalue weighted by Crippen LogP contribution is 2.26. The van der Waals surface area contributed by atoms with Crippen molar-refractivity contribution in [3.8, 4) is 0 Å². The second-order valence-electron chi connectivity index (χ2n) is 3.03. The van der Waals surface area contributed by atoms with Crippen LogP contribution in [0.25, 0.3) is 0 Å². The van der Waals surface area contributed by atoms with Crippen molar-refractivity contribution in [3.63, 3.8) is 0 Å². The second-order valence-corrected chi connectivity index (χ2v) is 3.03. The standard InChI is InChI=1S/C10H13F2N/c1-3-7(4-2)10-8(11)5-13-6-9(10)12/h5-7H,3-4H2,1-2H3. The largest absolute Gasteiger partial charge is 0.259 e. The van der Waals surface area contributed by atoms with Crippen LogP contribution in [0.15, 0.2) is 12.4 Å². The van der Waals surface area contributed by atoms with E-state index in [1.165, 1.54) is 0 Å². The van der Waals surface area contributed by atoms with Gasteiger partial charge in [0.25, 0.3) is 0 Å². The SMILES string of the molecule is CCC(CC)c1c(F)cncc1F. The number of hydrogen-bond donors (Lipinski definition) is 0. The Hall–Kier alpha value is -0.990. The third-order valence-corrected chi connectivity index (χ3v) is 2.28. The van der Waals surface area contributed by atoms with E-state index in [1.807, 2.05) is 13.8 Å². The highest BCUT2D eigenvalue weighted by atomic mass is 19.1. The van der Waals surface area contributed by atoms with E-state index in [4.69, 9.17) is 0 Å². The van der Waals surface area contributed by atoms with Gasteiger partial charge in [0.15, 0.2) is 0 Å². The van der Waals surface area contributed by atoms with E-state index in [9.17, 15) is 8.78 Å². The van der Waals surface area contributed by atoms with Crippen molar-refractivity contribution in [1.82, 2.24) is 4.98 Å². The van der Waals surface area contributed by atoms with Crippen LogP contribution >= 0.6 is 0 Å². The van der Waals surface area contributed by atoms with Crippen molar-refractivity contribution in [1.29, 1.82) is 0 Å². The van der Waals surface area contributed by atoms with Gasteiger partial charge >= 0.3 is 0 Å². The molecule has 1 heterocycles. The fraction of sp³-hybridized carbons (Fsp3) is 0.500. The molecule has 13 heavy (non-hydrogen) atoms. The Balaban J connectivity index is 3.10. The number of nitrogens with zero attached hydrogens (tertiary/aromatic N) is 1. The summed E-state index contributed by atoms with van der Waals surface area (Å²) in [6.07, 6.45) is 3.62. The highest BCUT2D eigenvalue weighted by molar-refractivity contribution is 5.19. The van der Waals surface area contributed by atoms with Crippen LogP contribution in [0.3, 0.4) is 0 Å². The van der Waals surface area contributed by atoms with E-state index in [2.05, 4.69) is 4.98 Å². The third-order valence-electron chi connectivity index (χ3n) is 2.28. The molecule has 0 spiro atoms. The van der Waals surface area contributed by atoms with Crippen molar-refractivity contribution in [2.75, 3.05) is 0 Å². The predicted molar refractivity (Wildman–Crippen MR) is 47.5 cm³/mol. The molecule has 0 aliphatic rings. The van der Waals surface area contributed by atoms with Gasteiger partial charge in [-0.05, 0) is 18.8 Å². The Labute approximate surface area is 76.8 Å². The maximum absolute atomic E-state index is 13.2. The molecule has 0 saturated heterocycles. The van der Waals surface area contributed by atoms with Gasteiger partial charge < -0.3 is 0 Å². The Morgan fingerprint density at radius 1 is 1.15 bits per heavy atom. The number of pyridine rings is 1. The highest BCUT2D eigenvalue weighted by Gasteiger charge is 2.16. The number of hydrogen-bond acceptors (Lipinski definition) is 1. The minimum atomic E-state index is -0.534. The molecule has 0 aromatic carbocycles. The zero-order valence-electron chi connectivity index (χ0n) is 7.85. The molecule has 0 aliphatic heterocycles. The number of aromatic nitrogens is 1. The van der Waals surface area contributed by atoms with Crippen molar-refractivity contribution < 1.29 is 8.78 Å². The molecule has 0 radical (unpaired) electrons. The summed E-state index contributed by atoms with van der Waals surface area (Å²) in [6.45, 7) is 3.85. The molecule has 1 nitrogen and oxygen atoms in total. The predicted octanol–water partition coefficient (Wildman–Crippen LogP) is 3.26. The Morgan fingerprint density at radius 3 is 2.00 bits per heavy atom. The molecule has 0 atom stereocenters. The summed E-state index contributed by atoms with van der Waals surface area (Å²) in [5.41, 5.74) is 0.181. The molecule has 72 valence electrons. The quantitative estimate of drug-likeness (QED) is 0.704. The average Bonchev–Trinajstić information content (AvgIpc) is 2.11. The normalized spacial score (nSPS) is 10.8. The van der Waals surface area contributed by atoms with Gasteiger partial charge in [-0.15, -0.1) is 0 Å². The van der Waals surface area contributed by atoms with Crippen LogP contribution < -0.4 is 0 Å². The Bertz CT molecular complexity index is 262. The Morgan fingerprint density at radius 2 is 1.62 bits per heavy atom. The van der Waals surface area contributed by atoms with Gasteiger partial charge in [0.1, 0.15) is 11.6 Å². The Kier molecular flexibility index (Phi) is 3.34. The molecule has 0 aliphatic carbocycles. The lowest BCUT2D eigenvalue weighted by Gasteiger charge is -2.13. The maximum atomic E-state index is 13.2. The molecule has 3 heteroatoms. The van der Waals surface area contributed by atoms with Crippen molar-refractivity contribution in [2.24, 2.45) is 0 Å². The van der Waals surface area contributed by atoms with Crippen LogP contribution in [0, 0.1) is 11.6 Å². The van der Waals surface area contributed by atoms with Crippen LogP contribution in [-0.2, 0) is 0 Å². The summed E-state index contributed by atoms with van der Waals surface area (Å²) in [6, 6.07) is 0. The monoisotopic (exact) mass is 185 g/mol. The minimum Gasteiger partial charge on any atom is -0.259 e. The molecule has 1 rings (SSSR count). The van der Waals surface area contributed by atoms with Crippen LogP contribution in [0.1, 0.15) is 38.2 Å². The fourth-order valence-electron chi connectivity index (χ4n) is 1.51. The van der Waals surface area contributed by atoms with E-state index < -0.39 is 11.6 Å². The third kappa shape index (κ3) is 2.02. The first kappa shape index (κ1) is 10.1. The molecular weight excluding hydrogens is 172 g/mol. The second kappa shape index (κ2) is 4.30. The lowest BCUT2D eigenvalue weighted by atomic mass is 9.94. The number of rotatable bonds is 3. The van der Waals surface area contributed by atoms with Crippen molar-refractivity contribution >= 4 is 0 Å². The molecular formula is C10H13F2N. The molecule has 1 aromatic rings. The summed E-state index contributed by atoms with van der Waals surface area (Å²) < 4.78 is 26.3. The van der Waals surface area contributed by atoms with Crippen molar-refractivity contribution in [3.05, 3.63) is 29.6 Å². The first-order chi connectivity index (χ1) is 6.20. The lowest BCUT2D eigenvalue weighted by molar-refractivity contribution is 0.500. The van der Waals surface area contributed by atoms with Crippen molar-refractivity contribution in [2.45, 2.75) is 32.6 Å². The minimum absolute atomic E-state index is 0.0389. The van der Waals surface area contributed by atoms with Gasteiger partial charge in [0.05, 0.1) is 12.4 Å². The summed E-state index contributed by atoms with van der Waals surface area (Å²) in [5, 5.41) is 0. The van der Waals surface area contributed by atoms with Crippen LogP contribution in [0.5, 0.6) is 0 Å². The summed E-state index contributed by atoms with van der Waals surface area (Å²) >= 11 is 0. The first-order valence-electron chi connectivity index (χ1n) is 4.49. The van der Waals surface area contributed by atoms with Gasteiger partial charge in [-0.2, -0.15) is 0 Å². The zero-order valence-corrected chi connectivity index (χ0v) is 7.85. The van der Waals surface area contributed by atoms with E-state index >= 15 is 0 Å². The molecule has 0 fully saturated rings. The van der Waals surface area contributed by atoms with Gasteiger partial charge in [-0.3, -0.25) is 4.98 Å². The van der Waals surface area contributed by atoms with Gasteiger partial charge in [-0.25, -0.2) is 8.78 Å². The fourth-order valence-corrected chi connectivity index (χ4v) is 1.51. The lowest BCUT2D eigenvalue weighted by Crippen LogP contribution is -2.03. The van der Waals surface area contributed by atoms with E-state index in [0.29, 0.717) is 0 Å². The molecule has 0 amide bonds. The van der Waals surface area contributed by atoms with Gasteiger partial charge in [-0.1, -0.05) is 13.8 Å². The zero-order chi connectivity index (χ0) is 9.84. The topological polar surface area (TPSA) is 12.9 Å². The van der Waals surface area contributed by atoms with Gasteiger partial charge in [0.2, 0.25) is 0 Å². The maximum Gasteiger partial charge on any atom is 0.147 e. The van der Waals surface area contributed by atoms with E-state index in [1.54, 1.807) is 0 Å². The first-order valence-corrected chi connectivity index (χ1v) is 4.49. The van der Waals surface area contributed by atoms with E-state index in [0.717, 1.165) is 25.2 Å². The van der Waals surface area contributed by atoms with Crippen LogP contribution in [0.4, 0.5) is 8.78 Å². The van der Waals surface area contributed by atoms with E-state index in [-0.39, 0.29) is 11.5 Å². The van der Waals surface area contributed by atoms with Crippen LogP contribution in [0.2, 0.25) is 0 Å². The van der Waals surface area contributed by atoms with Gasteiger partial charge in [0, 0.05) is 5.56 Å². The van der Waals surface area contributed by atoms with Crippen LogP contribution in [-0.4, -0.2) is 4.98 Å².